The molecule has 1 nitrogen and oxygen atoms in total. The van der Waals surface area contributed by atoms with Crippen molar-refractivity contribution in [1.29, 1.82) is 0 Å². The van der Waals surface area contributed by atoms with Crippen molar-refractivity contribution < 1.29 is 0 Å². The molecule has 0 amide bonds. The van der Waals surface area contributed by atoms with Crippen molar-refractivity contribution in [2.75, 3.05) is 0 Å². The third kappa shape index (κ3) is 2.35. The highest BCUT2D eigenvalue weighted by Gasteiger charge is 2.01. The van der Waals surface area contributed by atoms with Gasteiger partial charge < -0.3 is 5.73 Å². The Kier molecular flexibility index (Phi) is 2.88. The van der Waals surface area contributed by atoms with Gasteiger partial charge in [0.1, 0.15) is 0 Å². The van der Waals surface area contributed by atoms with E-state index in [1.54, 1.807) is 0 Å². The minimum absolute atomic E-state index is 0.255. The maximum atomic E-state index is 5.74. The van der Waals surface area contributed by atoms with Gasteiger partial charge in [-0.2, -0.15) is 0 Å². The summed E-state index contributed by atoms with van der Waals surface area (Å²) in [7, 11) is 0. The highest BCUT2D eigenvalue weighted by Crippen LogP contribution is 2.11. The van der Waals surface area contributed by atoms with Gasteiger partial charge in [0.2, 0.25) is 0 Å². The molecule has 1 atom stereocenters. The first kappa shape index (κ1) is 9.27. The molecule has 0 fully saturated rings. The summed E-state index contributed by atoms with van der Waals surface area (Å²) < 4.78 is 0. The average molecular weight is 163 g/mol. The lowest BCUT2D eigenvalue weighted by Crippen LogP contribution is -2.18. The number of rotatable bonds is 2. The summed E-state index contributed by atoms with van der Waals surface area (Å²) in [4.78, 5) is 0. The van der Waals surface area contributed by atoms with E-state index in [0.717, 1.165) is 6.42 Å². The molecular formula is C11H17N. The Morgan fingerprint density at radius 2 is 2.00 bits per heavy atom. The summed E-state index contributed by atoms with van der Waals surface area (Å²) in [6.07, 6.45) is 0.980. The van der Waals surface area contributed by atoms with Gasteiger partial charge in [-0.25, -0.2) is 0 Å². The lowest BCUT2D eigenvalue weighted by molar-refractivity contribution is 0.734. The highest BCUT2D eigenvalue weighted by atomic mass is 14.6. The van der Waals surface area contributed by atoms with E-state index in [4.69, 9.17) is 5.73 Å². The minimum Gasteiger partial charge on any atom is -0.328 e. The quantitative estimate of drug-likeness (QED) is 0.710. The van der Waals surface area contributed by atoms with E-state index >= 15 is 0 Å². The Bertz CT molecular complexity index is 264. The highest BCUT2D eigenvalue weighted by molar-refractivity contribution is 5.30. The van der Waals surface area contributed by atoms with Crippen LogP contribution in [0.3, 0.4) is 0 Å². The fourth-order valence-electron chi connectivity index (χ4n) is 1.37. The number of hydrogen-bond donors (Lipinski definition) is 1. The molecule has 0 bridgehead atoms. The average Bonchev–Trinajstić information content (AvgIpc) is 1.96. The van der Waals surface area contributed by atoms with Crippen molar-refractivity contribution in [3.8, 4) is 0 Å². The van der Waals surface area contributed by atoms with Crippen molar-refractivity contribution >= 4 is 0 Å². The van der Waals surface area contributed by atoms with Crippen molar-refractivity contribution in [2.24, 2.45) is 5.73 Å². The third-order valence-electron chi connectivity index (χ3n) is 2.05. The predicted molar refractivity (Wildman–Crippen MR) is 53.3 cm³/mol. The van der Waals surface area contributed by atoms with Crippen LogP contribution in [0.5, 0.6) is 0 Å². The summed E-state index contributed by atoms with van der Waals surface area (Å²) in [5, 5.41) is 0. The Hall–Kier alpha value is -0.820. The molecule has 1 aromatic rings. The van der Waals surface area contributed by atoms with Gasteiger partial charge in [0.15, 0.2) is 0 Å². The van der Waals surface area contributed by atoms with Crippen LogP contribution in [0.1, 0.15) is 23.6 Å². The minimum atomic E-state index is 0.255. The van der Waals surface area contributed by atoms with Gasteiger partial charge in [0.05, 0.1) is 0 Å². The number of benzene rings is 1. The van der Waals surface area contributed by atoms with E-state index in [9.17, 15) is 0 Å². The van der Waals surface area contributed by atoms with Crippen LogP contribution in [0, 0.1) is 13.8 Å². The first-order chi connectivity index (χ1) is 5.59. The molecule has 0 radical (unpaired) electrons. The zero-order chi connectivity index (χ0) is 9.14. The smallest absolute Gasteiger partial charge is 0.00510 e. The van der Waals surface area contributed by atoms with Gasteiger partial charge in [-0.3, -0.25) is 0 Å². The Morgan fingerprint density at radius 1 is 1.33 bits per heavy atom. The van der Waals surface area contributed by atoms with Crippen LogP contribution in [-0.4, -0.2) is 6.04 Å². The van der Waals surface area contributed by atoms with Crippen LogP contribution in [-0.2, 0) is 6.42 Å². The van der Waals surface area contributed by atoms with Crippen LogP contribution < -0.4 is 5.73 Å². The summed E-state index contributed by atoms with van der Waals surface area (Å²) in [5.74, 6) is 0. The molecule has 12 heavy (non-hydrogen) atoms. The molecule has 66 valence electrons. The first-order valence-corrected chi connectivity index (χ1v) is 4.41. The van der Waals surface area contributed by atoms with E-state index in [-0.39, 0.29) is 6.04 Å². The standard InChI is InChI=1S/C11H17N/c1-8-4-5-9(2)11(6-8)7-10(3)12/h4-6,10H,7,12H2,1-3H3. The van der Waals surface area contributed by atoms with Crippen LogP contribution in [0.4, 0.5) is 0 Å². The molecule has 0 aliphatic rings. The third-order valence-corrected chi connectivity index (χ3v) is 2.05. The zero-order valence-corrected chi connectivity index (χ0v) is 8.09. The van der Waals surface area contributed by atoms with Crippen molar-refractivity contribution in [2.45, 2.75) is 33.2 Å². The SMILES string of the molecule is Cc1ccc(C)c(CC(C)N)c1. The first-order valence-electron chi connectivity index (χ1n) is 4.41. The molecular weight excluding hydrogens is 146 g/mol. The lowest BCUT2D eigenvalue weighted by atomic mass is 10.0. The molecule has 0 spiro atoms. The largest absolute Gasteiger partial charge is 0.328 e. The Morgan fingerprint density at radius 3 is 2.58 bits per heavy atom. The van der Waals surface area contributed by atoms with E-state index in [1.165, 1.54) is 16.7 Å². The van der Waals surface area contributed by atoms with Gasteiger partial charge >= 0.3 is 0 Å². The van der Waals surface area contributed by atoms with Crippen LogP contribution in [0.25, 0.3) is 0 Å². The van der Waals surface area contributed by atoms with Gasteiger partial charge in [-0.15, -0.1) is 0 Å². The van der Waals surface area contributed by atoms with E-state index in [1.807, 2.05) is 6.92 Å². The molecule has 0 aromatic heterocycles. The molecule has 0 saturated carbocycles. The molecule has 0 aliphatic heterocycles. The molecule has 1 aromatic carbocycles. The molecule has 0 saturated heterocycles. The zero-order valence-electron chi connectivity index (χ0n) is 8.09. The van der Waals surface area contributed by atoms with Crippen molar-refractivity contribution in [3.63, 3.8) is 0 Å². The Balaban J connectivity index is 2.90. The molecule has 1 rings (SSSR count). The summed E-state index contributed by atoms with van der Waals surface area (Å²) in [5.41, 5.74) is 9.78. The summed E-state index contributed by atoms with van der Waals surface area (Å²) >= 11 is 0. The van der Waals surface area contributed by atoms with Gasteiger partial charge in [-0.05, 0) is 38.3 Å². The predicted octanol–water partition coefficient (Wildman–Crippen LogP) is 2.19. The molecule has 2 N–H and O–H groups in total. The normalized spacial score (nSPS) is 13.0. The fourth-order valence-corrected chi connectivity index (χ4v) is 1.37. The number of aryl methyl sites for hydroxylation is 2. The fraction of sp³-hybridized carbons (Fsp3) is 0.455. The number of nitrogens with two attached hydrogens (primary N) is 1. The Labute approximate surface area is 74.6 Å². The maximum Gasteiger partial charge on any atom is 0.00510 e. The van der Waals surface area contributed by atoms with Gasteiger partial charge in [0.25, 0.3) is 0 Å². The van der Waals surface area contributed by atoms with E-state index in [2.05, 4.69) is 32.0 Å². The van der Waals surface area contributed by atoms with Crippen molar-refractivity contribution in [3.05, 3.63) is 34.9 Å². The second kappa shape index (κ2) is 3.72. The van der Waals surface area contributed by atoms with Crippen LogP contribution in [0.2, 0.25) is 0 Å². The summed E-state index contributed by atoms with van der Waals surface area (Å²) in [6, 6.07) is 6.77. The van der Waals surface area contributed by atoms with Crippen LogP contribution in [0.15, 0.2) is 18.2 Å². The second-order valence-electron chi connectivity index (χ2n) is 3.61. The number of hydrogen-bond acceptors (Lipinski definition) is 1. The van der Waals surface area contributed by atoms with E-state index < -0.39 is 0 Å². The molecule has 1 heteroatoms. The lowest BCUT2D eigenvalue weighted by Gasteiger charge is -2.09. The summed E-state index contributed by atoms with van der Waals surface area (Å²) in [6.45, 7) is 6.29. The van der Waals surface area contributed by atoms with Gasteiger partial charge in [0, 0.05) is 6.04 Å². The molecule has 1 unspecified atom stereocenters. The second-order valence-corrected chi connectivity index (χ2v) is 3.61. The van der Waals surface area contributed by atoms with Crippen LogP contribution >= 0.6 is 0 Å². The monoisotopic (exact) mass is 163 g/mol. The van der Waals surface area contributed by atoms with Gasteiger partial charge in [-0.1, -0.05) is 23.8 Å². The molecule has 0 aliphatic carbocycles. The van der Waals surface area contributed by atoms with Crippen molar-refractivity contribution in [1.82, 2.24) is 0 Å². The van der Waals surface area contributed by atoms with E-state index in [0.29, 0.717) is 0 Å². The topological polar surface area (TPSA) is 26.0 Å². The molecule has 0 heterocycles. The maximum absolute atomic E-state index is 5.74.